The number of nitrogens with zero attached hydrogens (tertiary/aromatic N) is 3. The molecule has 1 aromatic carbocycles. The lowest BCUT2D eigenvalue weighted by Gasteiger charge is -2.28. The number of unbranched alkanes of at least 4 members (excludes halogenated alkanes) is 5. The summed E-state index contributed by atoms with van der Waals surface area (Å²) in [5, 5.41) is 22.5. The van der Waals surface area contributed by atoms with Gasteiger partial charge in [-0.3, -0.25) is 37.8 Å². The fourth-order valence-corrected chi connectivity index (χ4v) is 9.53. The summed E-state index contributed by atoms with van der Waals surface area (Å²) < 4.78 is 24.8. The number of aliphatic hydroxyl groups excluding tert-OH is 1. The van der Waals surface area contributed by atoms with Crippen LogP contribution in [-0.2, 0) is 68.2 Å². The number of aromatic nitrogens is 2. The molecule has 0 bridgehead atoms. The van der Waals surface area contributed by atoms with Crippen molar-refractivity contribution in [3.8, 4) is 0 Å². The topological polar surface area (TPSA) is 274 Å². The van der Waals surface area contributed by atoms with Crippen LogP contribution in [0, 0.1) is 5.92 Å². The SMILES string of the molecule is CC(=O)N1CCCC1C(=O)NC(CC(C)C)C(=O)NC(Cc1cncn1CCCCCCCCc1ccccc1)C(=O)NC(CO)C(=O)NC(C(N)=O)C(C)OP(=O)(O)OCCc1cccs1. The molecule has 6 amide bonds. The Morgan fingerprint density at radius 3 is 2.21 bits per heavy atom. The van der Waals surface area contributed by atoms with Crippen molar-refractivity contribution < 1.29 is 52.4 Å². The molecule has 1 aliphatic rings. The highest BCUT2D eigenvalue weighted by atomic mass is 32.1. The standard InChI is InChI=1S/C46H69N8O11PS/c1-31(2)26-37(50-46(61)40-20-14-23-54(40)33(4)56)43(58)49-38(27-35-28-48-30-53(35)22-13-8-6-5-7-10-16-34-17-11-9-12-18-34)44(59)51-39(29-55)45(60)52-41(42(47)57)32(3)65-66(62,63)64-24-21-36-19-15-25-67-36/h9,11-12,15,17-19,25,28,30-32,37-41,55H,5-8,10,13-14,16,20-24,26-27,29H2,1-4H3,(H2,47,57)(H,49,58)(H,50,61)(H,51,59)(H,52,60)(H,62,63). The molecule has 4 rings (SSSR count). The molecule has 21 heteroatoms. The van der Waals surface area contributed by atoms with E-state index < -0.39 is 80.3 Å². The average Bonchev–Trinajstić information content (AvgIpc) is 4.08. The zero-order valence-corrected chi connectivity index (χ0v) is 40.7. The summed E-state index contributed by atoms with van der Waals surface area (Å²) in [6, 6.07) is 7.39. The highest BCUT2D eigenvalue weighted by Crippen LogP contribution is 2.45. The Kier molecular flexibility index (Phi) is 22.6. The fraction of sp³-hybridized carbons (Fsp3) is 0.587. The predicted octanol–water partition coefficient (Wildman–Crippen LogP) is 3.31. The lowest BCUT2D eigenvalue weighted by Crippen LogP contribution is -2.61. The Balaban J connectivity index is 1.45. The molecule has 0 aliphatic carbocycles. The molecular weight excluding hydrogens is 904 g/mol. The van der Waals surface area contributed by atoms with Crippen LogP contribution in [0.25, 0.3) is 0 Å². The minimum absolute atomic E-state index is 0.0781. The molecule has 0 radical (unpaired) electrons. The number of carbonyl (C=O) groups is 6. The van der Waals surface area contributed by atoms with Gasteiger partial charge in [-0.05, 0) is 68.4 Å². The molecule has 0 spiro atoms. The summed E-state index contributed by atoms with van der Waals surface area (Å²) in [4.78, 5) is 97.2. The molecule has 19 nitrogen and oxygen atoms in total. The van der Waals surface area contributed by atoms with Crippen LogP contribution < -0.4 is 27.0 Å². The van der Waals surface area contributed by atoms with Crippen LogP contribution in [0.3, 0.4) is 0 Å². The van der Waals surface area contributed by atoms with E-state index in [2.05, 4.69) is 38.4 Å². The fourth-order valence-electron chi connectivity index (χ4n) is 7.92. The second-order valence-corrected chi connectivity index (χ2v) is 19.8. The normalized spacial score (nSPS) is 16.9. The number of phosphoric ester groups is 1. The third kappa shape index (κ3) is 18.6. The zero-order valence-electron chi connectivity index (χ0n) is 39.0. The number of thiophene rings is 1. The van der Waals surface area contributed by atoms with Crippen LogP contribution in [-0.4, -0.2) is 116 Å². The maximum atomic E-state index is 14.2. The predicted molar refractivity (Wildman–Crippen MR) is 252 cm³/mol. The molecule has 1 saturated heterocycles. The van der Waals surface area contributed by atoms with Crippen LogP contribution in [0.2, 0.25) is 0 Å². The second kappa shape index (κ2) is 27.7. The number of hydrogen-bond donors (Lipinski definition) is 7. The summed E-state index contributed by atoms with van der Waals surface area (Å²) in [6.45, 7) is 6.19. The van der Waals surface area contributed by atoms with Crippen molar-refractivity contribution in [2.75, 3.05) is 19.8 Å². The van der Waals surface area contributed by atoms with Crippen molar-refractivity contribution in [2.45, 2.75) is 148 Å². The number of hydrogen-bond acceptors (Lipinski definition) is 12. The quantitative estimate of drug-likeness (QED) is 0.0375. The van der Waals surface area contributed by atoms with E-state index in [4.69, 9.17) is 14.8 Å². The molecule has 3 aromatic rings. The monoisotopic (exact) mass is 972 g/mol. The summed E-state index contributed by atoms with van der Waals surface area (Å²) in [6.07, 6.45) is 10.4. The minimum Gasteiger partial charge on any atom is -0.394 e. The van der Waals surface area contributed by atoms with Gasteiger partial charge in [-0.2, -0.15) is 0 Å². The lowest BCUT2D eigenvalue weighted by atomic mass is 10.0. The number of aryl methyl sites for hydroxylation is 2. The van der Waals surface area contributed by atoms with E-state index >= 15 is 0 Å². The number of carbonyl (C=O) groups excluding carboxylic acids is 6. The second-order valence-electron chi connectivity index (χ2n) is 17.3. The van der Waals surface area contributed by atoms with Gasteiger partial charge in [0.25, 0.3) is 0 Å². The van der Waals surface area contributed by atoms with E-state index in [1.54, 1.807) is 12.5 Å². The maximum Gasteiger partial charge on any atom is 0.472 e. The number of phosphoric acid groups is 1. The molecule has 7 atom stereocenters. The van der Waals surface area contributed by atoms with Gasteiger partial charge < -0.3 is 46.5 Å². The van der Waals surface area contributed by atoms with Gasteiger partial charge in [-0.1, -0.05) is 75.9 Å². The van der Waals surface area contributed by atoms with Crippen molar-refractivity contribution in [1.82, 2.24) is 35.7 Å². The van der Waals surface area contributed by atoms with E-state index in [-0.39, 0.29) is 31.3 Å². The Morgan fingerprint density at radius 2 is 1.55 bits per heavy atom. The molecule has 2 aromatic heterocycles. The first-order valence-electron chi connectivity index (χ1n) is 23.1. The van der Waals surface area contributed by atoms with Gasteiger partial charge in [0, 0.05) is 49.6 Å². The third-order valence-electron chi connectivity index (χ3n) is 11.5. The number of nitrogens with one attached hydrogen (secondary N) is 4. The summed E-state index contributed by atoms with van der Waals surface area (Å²) in [5.74, 6) is -4.65. The average molecular weight is 973 g/mol. The Bertz CT molecular complexity index is 2090. The first kappa shape index (κ1) is 54.6. The number of primary amides is 1. The molecule has 7 unspecified atom stereocenters. The first-order chi connectivity index (χ1) is 32.0. The van der Waals surface area contributed by atoms with E-state index in [0.29, 0.717) is 38.0 Å². The molecule has 1 aliphatic heterocycles. The Morgan fingerprint density at radius 1 is 0.881 bits per heavy atom. The summed E-state index contributed by atoms with van der Waals surface area (Å²) in [5.41, 5.74) is 7.47. The van der Waals surface area contributed by atoms with E-state index in [1.165, 1.54) is 35.6 Å². The van der Waals surface area contributed by atoms with Crippen molar-refractivity contribution >= 4 is 54.6 Å². The maximum absolute atomic E-state index is 14.2. The molecule has 0 saturated carbocycles. The van der Waals surface area contributed by atoms with Gasteiger partial charge in [0.05, 0.1) is 25.6 Å². The molecule has 370 valence electrons. The number of aliphatic hydroxyl groups is 1. The van der Waals surface area contributed by atoms with E-state index in [0.717, 1.165) is 49.8 Å². The van der Waals surface area contributed by atoms with Gasteiger partial charge in [0.1, 0.15) is 30.2 Å². The smallest absolute Gasteiger partial charge is 0.394 e. The number of imidazole rings is 1. The van der Waals surface area contributed by atoms with Crippen molar-refractivity contribution in [3.05, 3.63) is 76.5 Å². The Labute approximate surface area is 396 Å². The highest BCUT2D eigenvalue weighted by molar-refractivity contribution is 7.47. The number of rotatable bonds is 30. The minimum atomic E-state index is -4.75. The van der Waals surface area contributed by atoms with Gasteiger partial charge in [-0.25, -0.2) is 9.55 Å². The lowest BCUT2D eigenvalue weighted by molar-refractivity contribution is -0.139. The van der Waals surface area contributed by atoms with Crippen LogP contribution in [0.5, 0.6) is 0 Å². The van der Waals surface area contributed by atoms with Crippen LogP contribution in [0.15, 0.2) is 60.4 Å². The highest BCUT2D eigenvalue weighted by Gasteiger charge is 2.38. The molecule has 1 fully saturated rings. The van der Waals surface area contributed by atoms with Crippen molar-refractivity contribution in [2.24, 2.45) is 11.7 Å². The molecule has 8 N–H and O–H groups in total. The van der Waals surface area contributed by atoms with Crippen molar-refractivity contribution in [3.63, 3.8) is 0 Å². The van der Waals surface area contributed by atoms with Gasteiger partial charge in [-0.15, -0.1) is 11.3 Å². The molecular formula is C46H69N8O11PS. The largest absolute Gasteiger partial charge is 0.472 e. The van der Waals surface area contributed by atoms with Gasteiger partial charge in [0.2, 0.25) is 35.4 Å². The van der Waals surface area contributed by atoms with Crippen molar-refractivity contribution in [1.29, 1.82) is 0 Å². The number of amides is 6. The van der Waals surface area contributed by atoms with Crippen LogP contribution in [0.4, 0.5) is 0 Å². The molecule has 3 heterocycles. The van der Waals surface area contributed by atoms with Crippen LogP contribution in [0.1, 0.15) is 102 Å². The Hall–Kier alpha value is -4.98. The number of nitrogens with two attached hydrogens (primary N) is 1. The summed E-state index contributed by atoms with van der Waals surface area (Å²) >= 11 is 1.43. The van der Waals surface area contributed by atoms with E-state index in [9.17, 15) is 43.3 Å². The number of likely N-dealkylation sites (tertiary alicyclic amines) is 1. The van der Waals surface area contributed by atoms with Gasteiger partial charge >= 0.3 is 7.82 Å². The van der Waals surface area contributed by atoms with E-state index in [1.807, 2.05) is 54.1 Å². The number of benzene rings is 1. The van der Waals surface area contributed by atoms with Crippen LogP contribution >= 0.6 is 19.2 Å². The summed E-state index contributed by atoms with van der Waals surface area (Å²) in [7, 11) is -4.75. The molecule has 67 heavy (non-hydrogen) atoms. The first-order valence-corrected chi connectivity index (χ1v) is 25.4. The third-order valence-corrected chi connectivity index (χ3v) is 13.5. The zero-order chi connectivity index (χ0) is 48.9. The van der Waals surface area contributed by atoms with Gasteiger partial charge in [0.15, 0.2) is 0 Å².